The molecule has 7 nitrogen and oxygen atoms in total. The number of thiophene rings is 1. The van der Waals surface area contributed by atoms with Gasteiger partial charge in [0.15, 0.2) is 0 Å². The minimum absolute atomic E-state index is 0.0232. The smallest absolute Gasteiger partial charge is 0.250 e. The Morgan fingerprint density at radius 3 is 2.83 bits per heavy atom. The molecule has 0 fully saturated rings. The van der Waals surface area contributed by atoms with E-state index in [0.717, 1.165) is 10.5 Å². The van der Waals surface area contributed by atoms with E-state index in [2.05, 4.69) is 10.3 Å². The number of carbonyl (C=O) groups is 3. The fraction of sp³-hybridized carbons (Fsp3) is 0.429. The number of hydrogen-bond donors (Lipinski definition) is 1. The standard InChI is InChI=1S/C21H26N4O3S/c1-14(2)22-19(27)13-24(12-16-6-5-9-29-16)20(28)21(4)11-18(26)23-17-10-15(3)7-8-25(17)21/h5-10,14H,11-13H2,1-4H3,(H,22,27). The van der Waals surface area contributed by atoms with Crippen molar-refractivity contribution < 1.29 is 14.4 Å². The Kier molecular flexibility index (Phi) is 6.02. The second-order valence-electron chi connectivity index (χ2n) is 7.85. The monoisotopic (exact) mass is 414 g/mol. The molecule has 154 valence electrons. The first-order valence-corrected chi connectivity index (χ1v) is 10.5. The van der Waals surface area contributed by atoms with Crippen LogP contribution in [0.5, 0.6) is 0 Å². The lowest BCUT2D eigenvalue weighted by atomic mass is 9.90. The molecule has 3 rings (SSSR count). The van der Waals surface area contributed by atoms with Gasteiger partial charge in [-0.1, -0.05) is 6.07 Å². The summed E-state index contributed by atoms with van der Waals surface area (Å²) in [5.74, 6) is -0.383. The van der Waals surface area contributed by atoms with Crippen molar-refractivity contribution in [2.75, 3.05) is 6.54 Å². The highest BCUT2D eigenvalue weighted by atomic mass is 32.1. The van der Waals surface area contributed by atoms with E-state index in [1.165, 1.54) is 16.2 Å². The zero-order valence-electron chi connectivity index (χ0n) is 17.1. The molecular weight excluding hydrogens is 388 g/mol. The van der Waals surface area contributed by atoms with Crippen molar-refractivity contribution >= 4 is 34.9 Å². The minimum Gasteiger partial charge on any atom is -0.352 e. The normalized spacial score (nSPS) is 20.9. The fourth-order valence-corrected chi connectivity index (χ4v) is 4.21. The third-order valence-electron chi connectivity index (χ3n) is 4.82. The molecule has 0 radical (unpaired) electrons. The van der Waals surface area contributed by atoms with Gasteiger partial charge in [-0.05, 0) is 56.9 Å². The summed E-state index contributed by atoms with van der Waals surface area (Å²) in [4.78, 5) is 46.8. The Labute approximate surface area is 174 Å². The molecule has 0 saturated carbocycles. The maximum absolute atomic E-state index is 13.7. The second kappa shape index (κ2) is 8.32. The number of fused-ring (bicyclic) bond motifs is 1. The van der Waals surface area contributed by atoms with Crippen LogP contribution in [0.3, 0.4) is 0 Å². The van der Waals surface area contributed by atoms with Gasteiger partial charge >= 0.3 is 0 Å². The van der Waals surface area contributed by atoms with Gasteiger partial charge in [-0.3, -0.25) is 14.4 Å². The second-order valence-corrected chi connectivity index (χ2v) is 8.88. The highest BCUT2D eigenvalue weighted by Gasteiger charge is 2.47. The third-order valence-corrected chi connectivity index (χ3v) is 5.68. The molecule has 1 unspecified atom stereocenters. The van der Waals surface area contributed by atoms with Crippen LogP contribution in [-0.4, -0.2) is 51.5 Å². The predicted molar refractivity (Wildman–Crippen MR) is 113 cm³/mol. The van der Waals surface area contributed by atoms with Crippen LogP contribution in [0.1, 0.15) is 39.0 Å². The SMILES string of the molecule is CC1=CC2=NC(=O)CC(C)(C(=O)N(CC(=O)NC(C)C)Cc3cccs3)N2C=C1. The van der Waals surface area contributed by atoms with Crippen LogP contribution in [0, 0.1) is 0 Å². The molecule has 3 heterocycles. The quantitative estimate of drug-likeness (QED) is 0.775. The molecule has 0 aromatic carbocycles. The maximum atomic E-state index is 13.7. The fourth-order valence-electron chi connectivity index (χ4n) is 3.49. The van der Waals surface area contributed by atoms with E-state index in [1.54, 1.807) is 24.1 Å². The van der Waals surface area contributed by atoms with Crippen LogP contribution in [-0.2, 0) is 20.9 Å². The first-order chi connectivity index (χ1) is 13.7. The lowest BCUT2D eigenvalue weighted by molar-refractivity contribution is -0.146. The molecule has 1 aromatic rings. The summed E-state index contributed by atoms with van der Waals surface area (Å²) in [5, 5.41) is 4.77. The van der Waals surface area contributed by atoms with Crippen molar-refractivity contribution in [3.8, 4) is 0 Å². The van der Waals surface area contributed by atoms with Crippen molar-refractivity contribution in [2.45, 2.75) is 52.2 Å². The molecule has 8 heteroatoms. The molecule has 2 aliphatic heterocycles. The molecule has 0 saturated heterocycles. The number of nitrogens with one attached hydrogen (secondary N) is 1. The Morgan fingerprint density at radius 2 is 2.17 bits per heavy atom. The van der Waals surface area contributed by atoms with Crippen molar-refractivity contribution in [2.24, 2.45) is 4.99 Å². The number of hydrogen-bond acceptors (Lipinski definition) is 5. The number of amidine groups is 1. The molecule has 0 spiro atoms. The number of carbonyl (C=O) groups excluding carboxylic acids is 3. The van der Waals surface area contributed by atoms with E-state index in [-0.39, 0.29) is 36.7 Å². The third kappa shape index (κ3) is 4.64. The van der Waals surface area contributed by atoms with E-state index in [1.807, 2.05) is 44.4 Å². The van der Waals surface area contributed by atoms with Crippen LogP contribution in [0.2, 0.25) is 0 Å². The number of amides is 3. The molecule has 1 atom stereocenters. The Bertz CT molecular complexity index is 901. The van der Waals surface area contributed by atoms with Gasteiger partial charge in [0.2, 0.25) is 11.8 Å². The highest BCUT2D eigenvalue weighted by Crippen LogP contribution is 2.31. The first kappa shape index (κ1) is 21.0. The van der Waals surface area contributed by atoms with E-state index in [9.17, 15) is 14.4 Å². The van der Waals surface area contributed by atoms with Gasteiger partial charge in [0.1, 0.15) is 11.4 Å². The summed E-state index contributed by atoms with van der Waals surface area (Å²) in [6.07, 6.45) is 5.42. The Morgan fingerprint density at radius 1 is 1.41 bits per heavy atom. The summed E-state index contributed by atoms with van der Waals surface area (Å²) in [7, 11) is 0. The van der Waals surface area contributed by atoms with Crippen molar-refractivity contribution in [3.05, 3.63) is 46.3 Å². The average molecular weight is 415 g/mol. The van der Waals surface area contributed by atoms with Gasteiger partial charge in [-0.25, -0.2) is 0 Å². The Hall–Kier alpha value is -2.74. The van der Waals surface area contributed by atoms with E-state index >= 15 is 0 Å². The van der Waals surface area contributed by atoms with Crippen LogP contribution >= 0.6 is 11.3 Å². The van der Waals surface area contributed by atoms with E-state index < -0.39 is 5.54 Å². The summed E-state index contributed by atoms with van der Waals surface area (Å²) in [5.41, 5.74) is -0.187. The molecule has 2 aliphatic rings. The number of nitrogens with zero attached hydrogens (tertiary/aromatic N) is 3. The molecule has 3 amide bonds. The van der Waals surface area contributed by atoms with Gasteiger partial charge in [0.25, 0.3) is 5.91 Å². The molecular formula is C21H26N4O3S. The molecule has 1 aromatic heterocycles. The lowest BCUT2D eigenvalue weighted by Gasteiger charge is -2.44. The summed E-state index contributed by atoms with van der Waals surface area (Å²) in [6, 6.07) is 3.82. The van der Waals surface area contributed by atoms with Crippen molar-refractivity contribution in [3.63, 3.8) is 0 Å². The van der Waals surface area contributed by atoms with Gasteiger partial charge in [0, 0.05) is 17.1 Å². The Balaban J connectivity index is 1.91. The number of allylic oxidation sites excluding steroid dienone is 2. The van der Waals surface area contributed by atoms with E-state index in [0.29, 0.717) is 12.4 Å². The van der Waals surface area contributed by atoms with Crippen molar-refractivity contribution in [1.82, 2.24) is 15.1 Å². The van der Waals surface area contributed by atoms with Crippen LogP contribution in [0.4, 0.5) is 0 Å². The van der Waals surface area contributed by atoms with Gasteiger partial charge in [-0.15, -0.1) is 11.3 Å². The number of aliphatic imine (C=N–C) groups is 1. The first-order valence-electron chi connectivity index (χ1n) is 9.57. The summed E-state index contributed by atoms with van der Waals surface area (Å²) in [6.45, 7) is 7.64. The largest absolute Gasteiger partial charge is 0.352 e. The van der Waals surface area contributed by atoms with Gasteiger partial charge in [0.05, 0.1) is 19.5 Å². The average Bonchev–Trinajstić information content (AvgIpc) is 3.12. The summed E-state index contributed by atoms with van der Waals surface area (Å²) >= 11 is 1.53. The van der Waals surface area contributed by atoms with Crippen LogP contribution in [0.15, 0.2) is 46.4 Å². The van der Waals surface area contributed by atoms with E-state index in [4.69, 9.17) is 0 Å². The van der Waals surface area contributed by atoms with Crippen LogP contribution in [0.25, 0.3) is 0 Å². The van der Waals surface area contributed by atoms with Crippen molar-refractivity contribution in [1.29, 1.82) is 0 Å². The summed E-state index contributed by atoms with van der Waals surface area (Å²) < 4.78 is 0. The molecule has 0 bridgehead atoms. The predicted octanol–water partition coefficient (Wildman–Crippen LogP) is 2.46. The van der Waals surface area contributed by atoms with Gasteiger partial charge in [-0.2, -0.15) is 4.99 Å². The minimum atomic E-state index is -1.14. The molecule has 1 N–H and O–H groups in total. The number of rotatable bonds is 6. The van der Waals surface area contributed by atoms with Gasteiger partial charge < -0.3 is 15.1 Å². The molecule has 0 aliphatic carbocycles. The maximum Gasteiger partial charge on any atom is 0.250 e. The topological polar surface area (TPSA) is 82.1 Å². The zero-order valence-corrected chi connectivity index (χ0v) is 18.0. The molecule has 29 heavy (non-hydrogen) atoms. The highest BCUT2D eigenvalue weighted by molar-refractivity contribution is 7.09. The zero-order chi connectivity index (χ0) is 21.2. The van der Waals surface area contributed by atoms with Crippen LogP contribution < -0.4 is 5.32 Å². The lowest BCUT2D eigenvalue weighted by Crippen LogP contribution is -2.61.